The number of likely N-dealkylation sites (tertiary alicyclic amines) is 1. The Labute approximate surface area is 193 Å². The van der Waals surface area contributed by atoms with E-state index in [0.29, 0.717) is 18.0 Å². The third kappa shape index (κ3) is 5.90. The van der Waals surface area contributed by atoms with Crippen LogP contribution in [0.15, 0.2) is 65.7 Å². The maximum Gasteiger partial charge on any atom is 0.191 e. The highest BCUT2D eigenvalue weighted by Gasteiger charge is 2.29. The van der Waals surface area contributed by atoms with E-state index >= 15 is 0 Å². The highest BCUT2D eigenvalue weighted by atomic mass is 16.5. The second kappa shape index (κ2) is 11.5. The van der Waals surface area contributed by atoms with E-state index in [1.54, 1.807) is 0 Å². The normalized spacial score (nSPS) is 23.8. The number of rotatable bonds is 7. The third-order valence-electron chi connectivity index (χ3n) is 6.87. The molecule has 5 nitrogen and oxygen atoms in total. The number of hydrogen-bond acceptors (Lipinski definition) is 3. The van der Waals surface area contributed by atoms with Gasteiger partial charge in [-0.3, -0.25) is 9.89 Å². The number of hydrogen-bond donors (Lipinski definition) is 2. The summed E-state index contributed by atoms with van der Waals surface area (Å²) in [7, 11) is 0. The first-order valence-corrected chi connectivity index (χ1v) is 12.2. The Morgan fingerprint density at radius 3 is 2.41 bits per heavy atom. The zero-order chi connectivity index (χ0) is 22.2. The number of benzene rings is 2. The Bertz CT molecular complexity index is 833. The van der Waals surface area contributed by atoms with Gasteiger partial charge in [0.2, 0.25) is 0 Å². The van der Waals surface area contributed by atoms with Crippen molar-refractivity contribution in [2.45, 2.75) is 51.3 Å². The van der Waals surface area contributed by atoms with Crippen LogP contribution in [0.25, 0.3) is 0 Å². The Balaban J connectivity index is 1.30. The highest BCUT2D eigenvalue weighted by Crippen LogP contribution is 2.34. The molecular formula is C27H38N4O. The summed E-state index contributed by atoms with van der Waals surface area (Å²) < 4.78 is 6.05. The molecule has 2 saturated heterocycles. The van der Waals surface area contributed by atoms with Gasteiger partial charge in [0, 0.05) is 50.8 Å². The lowest BCUT2D eigenvalue weighted by atomic mass is 9.95. The van der Waals surface area contributed by atoms with E-state index in [0.717, 1.165) is 58.0 Å². The van der Waals surface area contributed by atoms with Crippen LogP contribution in [0.5, 0.6) is 0 Å². The zero-order valence-corrected chi connectivity index (χ0v) is 19.5. The van der Waals surface area contributed by atoms with Crippen LogP contribution < -0.4 is 10.6 Å². The van der Waals surface area contributed by atoms with Gasteiger partial charge < -0.3 is 15.4 Å². The van der Waals surface area contributed by atoms with Crippen molar-refractivity contribution in [3.05, 3.63) is 71.8 Å². The number of nitrogens with zero attached hydrogens (tertiary/aromatic N) is 2. The van der Waals surface area contributed by atoms with E-state index in [4.69, 9.17) is 9.73 Å². The number of ether oxygens (including phenoxy) is 1. The molecule has 2 aliphatic heterocycles. The van der Waals surface area contributed by atoms with Gasteiger partial charge >= 0.3 is 0 Å². The topological polar surface area (TPSA) is 48.9 Å². The number of piperidine rings is 1. The SMILES string of the molecule is CCNC(=NCC1CCOC1c1ccccc1)NC1CCN(C(C)c2ccccc2)CC1. The third-order valence-corrected chi connectivity index (χ3v) is 6.87. The van der Waals surface area contributed by atoms with E-state index in [2.05, 4.69) is 90.0 Å². The molecule has 172 valence electrons. The molecule has 2 aromatic rings. The predicted octanol–water partition coefficient (Wildman–Crippen LogP) is 4.54. The Kier molecular flexibility index (Phi) is 8.18. The Hall–Kier alpha value is -2.37. The second-order valence-electron chi connectivity index (χ2n) is 9.01. The molecule has 3 unspecified atom stereocenters. The van der Waals surface area contributed by atoms with E-state index in [1.807, 2.05) is 0 Å². The molecule has 2 aliphatic rings. The van der Waals surface area contributed by atoms with Crippen LogP contribution in [0.3, 0.4) is 0 Å². The molecule has 0 saturated carbocycles. The van der Waals surface area contributed by atoms with Gasteiger partial charge in [0.1, 0.15) is 0 Å². The summed E-state index contributed by atoms with van der Waals surface area (Å²) in [4.78, 5) is 7.56. The molecule has 2 heterocycles. The average Bonchev–Trinajstić information content (AvgIpc) is 3.32. The van der Waals surface area contributed by atoms with E-state index in [1.165, 1.54) is 11.1 Å². The molecule has 0 aliphatic carbocycles. The average molecular weight is 435 g/mol. The maximum absolute atomic E-state index is 6.05. The fourth-order valence-corrected chi connectivity index (χ4v) is 4.93. The summed E-state index contributed by atoms with van der Waals surface area (Å²) in [6, 6.07) is 22.4. The zero-order valence-electron chi connectivity index (χ0n) is 19.5. The minimum atomic E-state index is 0.158. The van der Waals surface area contributed by atoms with Crippen molar-refractivity contribution in [3.8, 4) is 0 Å². The maximum atomic E-state index is 6.05. The highest BCUT2D eigenvalue weighted by molar-refractivity contribution is 5.80. The Morgan fingerprint density at radius 2 is 1.72 bits per heavy atom. The molecule has 4 rings (SSSR count). The standard InChI is InChI=1S/C27H38N4O/c1-3-28-27(29-20-24-16-19-32-26(24)23-12-8-5-9-13-23)30-25-14-17-31(18-15-25)21(2)22-10-6-4-7-11-22/h4-13,21,24-26H,3,14-20H2,1-2H3,(H2,28,29,30). The van der Waals surface area contributed by atoms with Crippen molar-refractivity contribution in [2.75, 3.05) is 32.8 Å². The summed E-state index contributed by atoms with van der Waals surface area (Å²) in [6.45, 7) is 9.16. The lowest BCUT2D eigenvalue weighted by molar-refractivity contribution is 0.0925. The van der Waals surface area contributed by atoms with Gasteiger partial charge in [0.15, 0.2) is 5.96 Å². The van der Waals surface area contributed by atoms with Gasteiger partial charge in [0.25, 0.3) is 0 Å². The van der Waals surface area contributed by atoms with Gasteiger partial charge in [-0.25, -0.2) is 0 Å². The largest absolute Gasteiger partial charge is 0.373 e. The second-order valence-corrected chi connectivity index (χ2v) is 9.01. The molecule has 32 heavy (non-hydrogen) atoms. The predicted molar refractivity (Wildman–Crippen MR) is 132 cm³/mol. The van der Waals surface area contributed by atoms with E-state index in [9.17, 15) is 0 Å². The molecule has 0 aromatic heterocycles. The van der Waals surface area contributed by atoms with Gasteiger partial charge in [-0.15, -0.1) is 0 Å². The smallest absolute Gasteiger partial charge is 0.191 e. The van der Waals surface area contributed by atoms with Crippen LogP contribution in [-0.4, -0.2) is 49.7 Å². The number of nitrogens with one attached hydrogen (secondary N) is 2. The van der Waals surface area contributed by atoms with Crippen LogP contribution in [-0.2, 0) is 4.74 Å². The molecule has 0 bridgehead atoms. The van der Waals surface area contributed by atoms with Crippen LogP contribution >= 0.6 is 0 Å². The van der Waals surface area contributed by atoms with Crippen LogP contribution in [0.2, 0.25) is 0 Å². The molecule has 0 amide bonds. The fourth-order valence-electron chi connectivity index (χ4n) is 4.93. The van der Waals surface area contributed by atoms with Crippen molar-refractivity contribution >= 4 is 5.96 Å². The molecule has 2 aromatic carbocycles. The minimum Gasteiger partial charge on any atom is -0.373 e. The van der Waals surface area contributed by atoms with E-state index in [-0.39, 0.29) is 6.10 Å². The number of guanidine groups is 1. The van der Waals surface area contributed by atoms with Crippen molar-refractivity contribution < 1.29 is 4.74 Å². The van der Waals surface area contributed by atoms with Crippen molar-refractivity contribution in [3.63, 3.8) is 0 Å². The first-order valence-electron chi connectivity index (χ1n) is 12.2. The lowest BCUT2D eigenvalue weighted by Gasteiger charge is -2.37. The summed E-state index contributed by atoms with van der Waals surface area (Å²) in [5, 5.41) is 7.16. The molecule has 0 radical (unpaired) electrons. The van der Waals surface area contributed by atoms with Gasteiger partial charge in [-0.2, -0.15) is 0 Å². The van der Waals surface area contributed by atoms with Gasteiger partial charge in [-0.1, -0.05) is 60.7 Å². The van der Waals surface area contributed by atoms with Crippen LogP contribution in [0.4, 0.5) is 0 Å². The molecule has 5 heteroatoms. The molecular weight excluding hydrogens is 396 g/mol. The van der Waals surface area contributed by atoms with Crippen molar-refractivity contribution in [1.29, 1.82) is 0 Å². The molecule has 0 spiro atoms. The van der Waals surface area contributed by atoms with Crippen LogP contribution in [0, 0.1) is 5.92 Å². The Morgan fingerprint density at radius 1 is 1.03 bits per heavy atom. The summed E-state index contributed by atoms with van der Waals surface area (Å²) in [6.07, 6.45) is 3.50. The molecule has 2 N–H and O–H groups in total. The molecule has 3 atom stereocenters. The fraction of sp³-hybridized carbons (Fsp3) is 0.519. The quantitative estimate of drug-likeness (QED) is 0.496. The van der Waals surface area contributed by atoms with Crippen LogP contribution in [0.1, 0.15) is 56.4 Å². The molecule has 2 fully saturated rings. The summed E-state index contributed by atoms with van der Waals surface area (Å²) in [5.74, 6) is 1.38. The summed E-state index contributed by atoms with van der Waals surface area (Å²) in [5.41, 5.74) is 2.67. The van der Waals surface area contributed by atoms with E-state index < -0.39 is 0 Å². The first-order chi connectivity index (χ1) is 15.7. The van der Waals surface area contributed by atoms with Gasteiger partial charge in [0.05, 0.1) is 6.10 Å². The van der Waals surface area contributed by atoms with Gasteiger partial charge in [-0.05, 0) is 44.2 Å². The minimum absolute atomic E-state index is 0.158. The monoisotopic (exact) mass is 434 g/mol. The summed E-state index contributed by atoms with van der Waals surface area (Å²) >= 11 is 0. The van der Waals surface area contributed by atoms with Crippen molar-refractivity contribution in [2.24, 2.45) is 10.9 Å². The first kappa shape index (κ1) is 22.8. The lowest BCUT2D eigenvalue weighted by Crippen LogP contribution is -2.49. The number of aliphatic imine (C=N–C) groups is 1. The van der Waals surface area contributed by atoms with Crippen molar-refractivity contribution in [1.82, 2.24) is 15.5 Å².